The molecule has 0 spiro atoms. The molecule has 0 aliphatic heterocycles. The summed E-state index contributed by atoms with van der Waals surface area (Å²) in [6.45, 7) is 0. The fourth-order valence-electron chi connectivity index (χ4n) is 1.04. The van der Waals surface area contributed by atoms with Crippen molar-refractivity contribution < 1.29 is 27.1 Å². The normalized spacial score (nSPS) is 11.4. The molecule has 0 fully saturated rings. The Balaban J connectivity index is 3.38. The average molecular weight is 301 g/mol. The largest absolute Gasteiger partial charge is 0.494 e. The predicted molar refractivity (Wildman–Crippen MR) is 51.0 cm³/mol. The van der Waals surface area contributed by atoms with Crippen molar-refractivity contribution in [2.24, 2.45) is 0 Å². The highest BCUT2D eigenvalue weighted by Crippen LogP contribution is 2.32. The van der Waals surface area contributed by atoms with Gasteiger partial charge in [-0.25, -0.2) is 4.39 Å². The Morgan fingerprint density at radius 1 is 1.38 bits per heavy atom. The van der Waals surface area contributed by atoms with E-state index in [1.165, 1.54) is 0 Å². The molecular formula is C9H5BrF4O2. The van der Waals surface area contributed by atoms with E-state index < -0.39 is 29.1 Å². The number of Topliss-reactive ketones (excluding diaryl/α,β-unsaturated/α-hetero) is 1. The maximum absolute atomic E-state index is 13.4. The molecule has 0 bridgehead atoms. The number of benzene rings is 1. The molecule has 0 N–H and O–H groups in total. The van der Waals surface area contributed by atoms with E-state index in [1.807, 2.05) is 0 Å². The van der Waals surface area contributed by atoms with E-state index >= 15 is 0 Å². The first-order valence-corrected chi connectivity index (χ1v) is 4.72. The molecule has 0 amide bonds. The number of halogens is 5. The number of rotatable bonds is 2. The zero-order valence-corrected chi connectivity index (χ0v) is 9.45. The number of ether oxygens (including phenoxy) is 1. The van der Waals surface area contributed by atoms with Crippen LogP contribution in [0, 0.1) is 5.82 Å². The Morgan fingerprint density at radius 2 is 1.94 bits per heavy atom. The minimum Gasteiger partial charge on any atom is -0.494 e. The molecule has 0 aliphatic rings. The van der Waals surface area contributed by atoms with Crippen molar-refractivity contribution in [2.45, 2.75) is 6.18 Å². The minimum atomic E-state index is -5.13. The number of ketones is 1. The lowest BCUT2D eigenvalue weighted by Crippen LogP contribution is -2.24. The van der Waals surface area contributed by atoms with Crippen molar-refractivity contribution in [1.82, 2.24) is 0 Å². The summed E-state index contributed by atoms with van der Waals surface area (Å²) in [6, 6.07) is 2.23. The van der Waals surface area contributed by atoms with Crippen LogP contribution in [0.4, 0.5) is 17.6 Å². The Kier molecular flexibility index (Phi) is 3.57. The van der Waals surface area contributed by atoms with E-state index in [2.05, 4.69) is 20.7 Å². The van der Waals surface area contributed by atoms with Gasteiger partial charge in [0.25, 0.3) is 5.78 Å². The van der Waals surface area contributed by atoms with Gasteiger partial charge in [0.2, 0.25) is 0 Å². The van der Waals surface area contributed by atoms with Crippen LogP contribution < -0.4 is 4.74 Å². The number of alkyl halides is 3. The number of methoxy groups -OCH3 is 1. The molecule has 0 unspecified atom stereocenters. The zero-order valence-electron chi connectivity index (χ0n) is 7.86. The van der Waals surface area contributed by atoms with Gasteiger partial charge in [0.15, 0.2) is 11.6 Å². The zero-order chi connectivity index (χ0) is 12.5. The first-order chi connectivity index (χ1) is 7.29. The molecule has 0 saturated heterocycles. The lowest BCUT2D eigenvalue weighted by molar-refractivity contribution is -0.0888. The van der Waals surface area contributed by atoms with Gasteiger partial charge in [0.1, 0.15) is 0 Å². The second-order valence-electron chi connectivity index (χ2n) is 2.77. The third kappa shape index (κ3) is 2.34. The first-order valence-electron chi connectivity index (χ1n) is 3.92. The highest BCUT2D eigenvalue weighted by Gasteiger charge is 2.42. The topological polar surface area (TPSA) is 26.3 Å². The Morgan fingerprint density at radius 3 is 2.38 bits per heavy atom. The van der Waals surface area contributed by atoms with Crippen LogP contribution in [-0.4, -0.2) is 19.1 Å². The van der Waals surface area contributed by atoms with Gasteiger partial charge in [-0.3, -0.25) is 4.79 Å². The quantitative estimate of drug-likeness (QED) is 0.618. The molecule has 2 nitrogen and oxygen atoms in total. The van der Waals surface area contributed by atoms with E-state index in [0.29, 0.717) is 0 Å². The van der Waals surface area contributed by atoms with Gasteiger partial charge in [-0.1, -0.05) is 0 Å². The Bertz CT molecular complexity index is 428. The molecule has 0 heterocycles. The number of carbonyl (C=O) groups excluding carboxylic acids is 1. The third-order valence-corrected chi connectivity index (χ3v) is 2.42. The highest BCUT2D eigenvalue weighted by molar-refractivity contribution is 9.10. The van der Waals surface area contributed by atoms with Crippen LogP contribution in [0.15, 0.2) is 16.6 Å². The predicted octanol–water partition coefficient (Wildman–Crippen LogP) is 3.34. The second kappa shape index (κ2) is 4.40. The summed E-state index contributed by atoms with van der Waals surface area (Å²) in [6.07, 6.45) is -5.13. The van der Waals surface area contributed by atoms with E-state index in [4.69, 9.17) is 0 Å². The van der Waals surface area contributed by atoms with Gasteiger partial charge in [-0.05, 0) is 28.1 Å². The van der Waals surface area contributed by atoms with Crippen molar-refractivity contribution in [1.29, 1.82) is 0 Å². The van der Waals surface area contributed by atoms with Crippen molar-refractivity contribution in [3.63, 3.8) is 0 Å². The number of hydrogen-bond donors (Lipinski definition) is 0. The fraction of sp³-hybridized carbons (Fsp3) is 0.222. The van der Waals surface area contributed by atoms with Gasteiger partial charge in [-0.15, -0.1) is 0 Å². The molecular weight excluding hydrogens is 296 g/mol. The van der Waals surface area contributed by atoms with Crippen LogP contribution >= 0.6 is 15.9 Å². The molecule has 16 heavy (non-hydrogen) atoms. The maximum atomic E-state index is 13.4. The minimum absolute atomic E-state index is 0.270. The molecule has 0 atom stereocenters. The van der Waals surface area contributed by atoms with E-state index in [9.17, 15) is 22.4 Å². The lowest BCUT2D eigenvalue weighted by Gasteiger charge is -2.10. The van der Waals surface area contributed by atoms with E-state index in [0.717, 1.165) is 19.2 Å². The van der Waals surface area contributed by atoms with Crippen molar-refractivity contribution in [3.8, 4) is 5.75 Å². The van der Waals surface area contributed by atoms with Crippen molar-refractivity contribution >= 4 is 21.7 Å². The van der Waals surface area contributed by atoms with Crippen LogP contribution in [0.25, 0.3) is 0 Å². The fourth-order valence-corrected chi connectivity index (χ4v) is 1.53. The smallest absolute Gasteiger partial charge is 0.455 e. The highest BCUT2D eigenvalue weighted by atomic mass is 79.9. The Labute approximate surface area is 96.3 Å². The molecule has 0 aromatic heterocycles. The number of carbonyl (C=O) groups is 1. The van der Waals surface area contributed by atoms with Crippen LogP contribution in [0.3, 0.4) is 0 Å². The summed E-state index contributed by atoms with van der Waals surface area (Å²) in [4.78, 5) is 10.9. The van der Waals surface area contributed by atoms with E-state index in [-0.39, 0.29) is 4.47 Å². The standard InChI is InChI=1S/C9H5BrF4O2/c1-16-5-3-2-4(10)6(7(5)11)8(15)9(12,13)14/h2-3H,1H3. The molecule has 0 saturated carbocycles. The summed E-state index contributed by atoms with van der Waals surface area (Å²) >= 11 is 2.69. The molecule has 88 valence electrons. The second-order valence-corrected chi connectivity index (χ2v) is 3.62. The lowest BCUT2D eigenvalue weighted by atomic mass is 10.1. The molecule has 1 aromatic rings. The SMILES string of the molecule is COc1ccc(Br)c(C(=O)C(F)(F)F)c1F. The first kappa shape index (κ1) is 13.0. The van der Waals surface area contributed by atoms with Crippen LogP contribution in [-0.2, 0) is 0 Å². The van der Waals surface area contributed by atoms with Gasteiger partial charge in [0.05, 0.1) is 12.7 Å². The molecule has 0 radical (unpaired) electrons. The molecule has 0 aliphatic carbocycles. The van der Waals surface area contributed by atoms with Gasteiger partial charge in [-0.2, -0.15) is 13.2 Å². The third-order valence-electron chi connectivity index (χ3n) is 1.76. The van der Waals surface area contributed by atoms with Crippen LogP contribution in [0.5, 0.6) is 5.75 Å². The van der Waals surface area contributed by atoms with E-state index in [1.54, 1.807) is 0 Å². The molecule has 1 aromatic carbocycles. The summed E-state index contributed by atoms with van der Waals surface area (Å²) in [5.41, 5.74) is -1.08. The number of hydrogen-bond acceptors (Lipinski definition) is 2. The summed E-state index contributed by atoms with van der Waals surface area (Å²) in [7, 11) is 1.09. The average Bonchev–Trinajstić information content (AvgIpc) is 2.16. The maximum Gasteiger partial charge on any atom is 0.455 e. The van der Waals surface area contributed by atoms with Crippen molar-refractivity contribution in [2.75, 3.05) is 7.11 Å². The van der Waals surface area contributed by atoms with Gasteiger partial charge in [0, 0.05) is 4.47 Å². The monoisotopic (exact) mass is 300 g/mol. The van der Waals surface area contributed by atoms with Crippen LogP contribution in [0.1, 0.15) is 10.4 Å². The van der Waals surface area contributed by atoms with Gasteiger partial charge >= 0.3 is 6.18 Å². The van der Waals surface area contributed by atoms with Crippen molar-refractivity contribution in [3.05, 3.63) is 28.0 Å². The summed E-state index contributed by atoms with van der Waals surface area (Å²) in [5, 5.41) is 0. The molecule has 1 rings (SSSR count). The summed E-state index contributed by atoms with van der Waals surface area (Å²) < 4.78 is 54.1. The van der Waals surface area contributed by atoms with Gasteiger partial charge < -0.3 is 4.74 Å². The summed E-state index contributed by atoms with van der Waals surface area (Å²) in [5.74, 6) is -4.01. The molecule has 7 heteroatoms. The Hall–Kier alpha value is -1.11. The van der Waals surface area contributed by atoms with Crippen LogP contribution in [0.2, 0.25) is 0 Å².